The van der Waals surface area contributed by atoms with Crippen molar-refractivity contribution in [2.75, 3.05) is 18.2 Å². The van der Waals surface area contributed by atoms with Gasteiger partial charge in [-0.25, -0.2) is 14.2 Å². The molecule has 3 rings (SSSR count). The number of imidazole rings is 1. The van der Waals surface area contributed by atoms with Crippen LogP contribution in [-0.4, -0.2) is 34.3 Å². The smallest absolute Gasteiger partial charge is 0.330 e. The van der Waals surface area contributed by atoms with Crippen molar-refractivity contribution < 1.29 is 18.7 Å². The van der Waals surface area contributed by atoms with Crippen LogP contribution < -0.4 is 5.32 Å². The molecule has 0 unspecified atom stereocenters. The van der Waals surface area contributed by atoms with E-state index in [9.17, 15) is 14.0 Å². The van der Waals surface area contributed by atoms with Crippen molar-refractivity contribution >= 4 is 35.4 Å². The molecule has 0 atom stereocenters. The van der Waals surface area contributed by atoms with Crippen LogP contribution in [-0.2, 0) is 9.53 Å². The Morgan fingerprint density at radius 1 is 1.17 bits per heavy atom. The maximum absolute atomic E-state index is 13.3. The molecule has 154 valence electrons. The number of amides is 1. The van der Waals surface area contributed by atoms with Gasteiger partial charge in [-0.05, 0) is 61.2 Å². The molecule has 0 radical (unpaired) electrons. The maximum Gasteiger partial charge on any atom is 0.330 e. The molecule has 0 saturated carbocycles. The molecule has 0 aliphatic heterocycles. The quantitative estimate of drug-likeness (QED) is 0.341. The summed E-state index contributed by atoms with van der Waals surface area (Å²) in [6.07, 6.45) is 6.33. The molecule has 2 aromatic carbocycles. The Hall–Kier alpha value is -3.39. The average Bonchev–Trinajstić information content (AvgIpc) is 3.18. The van der Waals surface area contributed by atoms with Gasteiger partial charge in [0, 0.05) is 17.5 Å². The number of hydrogen-bond acceptors (Lipinski definition) is 5. The zero-order valence-corrected chi connectivity index (χ0v) is 17.3. The van der Waals surface area contributed by atoms with E-state index in [4.69, 9.17) is 4.74 Å². The van der Waals surface area contributed by atoms with E-state index in [0.29, 0.717) is 28.8 Å². The number of halogens is 1. The number of rotatable bonds is 7. The van der Waals surface area contributed by atoms with Crippen LogP contribution in [0.5, 0.6) is 0 Å². The summed E-state index contributed by atoms with van der Waals surface area (Å²) in [6.45, 7) is 2.06. The van der Waals surface area contributed by atoms with Crippen molar-refractivity contribution in [1.82, 2.24) is 9.55 Å². The Morgan fingerprint density at radius 2 is 1.87 bits per heavy atom. The molecule has 0 spiro atoms. The van der Waals surface area contributed by atoms with Crippen LogP contribution in [0.1, 0.15) is 23.0 Å². The van der Waals surface area contributed by atoms with Gasteiger partial charge in [0.15, 0.2) is 5.16 Å². The van der Waals surface area contributed by atoms with E-state index < -0.39 is 5.97 Å². The van der Waals surface area contributed by atoms with Gasteiger partial charge >= 0.3 is 5.97 Å². The lowest BCUT2D eigenvalue weighted by molar-refractivity contribution is -0.137. The zero-order valence-electron chi connectivity index (χ0n) is 16.5. The summed E-state index contributed by atoms with van der Waals surface area (Å²) < 4.78 is 19.8. The van der Waals surface area contributed by atoms with Crippen LogP contribution in [0.2, 0.25) is 0 Å². The Morgan fingerprint density at radius 3 is 2.50 bits per heavy atom. The molecule has 3 aromatic rings. The van der Waals surface area contributed by atoms with Gasteiger partial charge in [0.2, 0.25) is 0 Å². The molecule has 1 amide bonds. The van der Waals surface area contributed by atoms with Gasteiger partial charge in [-0.2, -0.15) is 0 Å². The van der Waals surface area contributed by atoms with E-state index in [-0.39, 0.29) is 11.7 Å². The average molecular weight is 425 g/mol. The first kappa shape index (κ1) is 21.3. The summed E-state index contributed by atoms with van der Waals surface area (Å²) in [5, 5.41) is 3.45. The molecule has 0 fully saturated rings. The lowest BCUT2D eigenvalue weighted by atomic mass is 10.2. The number of nitrogens with one attached hydrogen (secondary N) is 1. The Balaban J connectivity index is 1.77. The highest BCUT2D eigenvalue weighted by Crippen LogP contribution is 2.23. The lowest BCUT2D eigenvalue weighted by Gasteiger charge is -2.11. The van der Waals surface area contributed by atoms with Crippen molar-refractivity contribution in [1.29, 1.82) is 0 Å². The van der Waals surface area contributed by atoms with Gasteiger partial charge in [0.05, 0.1) is 12.8 Å². The molecule has 1 N–H and O–H groups in total. The summed E-state index contributed by atoms with van der Waals surface area (Å²) in [4.78, 5) is 28.5. The number of ether oxygens (including phenoxy) is 1. The molecule has 30 heavy (non-hydrogen) atoms. The van der Waals surface area contributed by atoms with Crippen molar-refractivity contribution in [2.24, 2.45) is 0 Å². The fraction of sp³-hybridized carbons (Fsp3) is 0.136. The summed E-state index contributed by atoms with van der Waals surface area (Å²) in [5.74, 6) is -1.11. The Bertz CT molecular complexity index is 1060. The monoisotopic (exact) mass is 425 g/mol. The highest BCUT2D eigenvalue weighted by Gasteiger charge is 2.18. The maximum atomic E-state index is 13.3. The van der Waals surface area contributed by atoms with Crippen LogP contribution in [0.4, 0.5) is 10.1 Å². The first-order valence-corrected chi connectivity index (χ1v) is 10.4. The van der Waals surface area contributed by atoms with Gasteiger partial charge in [0.25, 0.3) is 5.91 Å². The number of carbonyl (C=O) groups is 2. The SMILES string of the molecule is CCOC(=O)/C=C/c1ccc(NC(=O)c2cnc(SC)n2-c2ccc(F)cc2)cc1. The lowest BCUT2D eigenvalue weighted by Crippen LogP contribution is -2.16. The molecular weight excluding hydrogens is 405 g/mol. The normalized spacial score (nSPS) is 10.9. The molecule has 0 bridgehead atoms. The highest BCUT2D eigenvalue weighted by atomic mass is 32.2. The van der Waals surface area contributed by atoms with Gasteiger partial charge in [0.1, 0.15) is 11.5 Å². The Kier molecular flexibility index (Phi) is 7.03. The minimum absolute atomic E-state index is 0.320. The molecule has 1 aromatic heterocycles. The van der Waals surface area contributed by atoms with Crippen molar-refractivity contribution in [2.45, 2.75) is 12.1 Å². The first-order valence-electron chi connectivity index (χ1n) is 9.15. The first-order chi connectivity index (χ1) is 14.5. The van der Waals surface area contributed by atoms with Gasteiger partial charge < -0.3 is 10.1 Å². The van der Waals surface area contributed by atoms with E-state index in [1.54, 1.807) is 54.0 Å². The number of aromatic nitrogens is 2. The molecular formula is C22H20FN3O3S. The number of carbonyl (C=O) groups excluding carboxylic acids is 2. The van der Waals surface area contributed by atoms with Crippen molar-refractivity contribution in [3.63, 3.8) is 0 Å². The molecule has 8 heteroatoms. The standard InChI is InChI=1S/C22H20FN3O3S/c1-3-29-20(27)13-6-15-4-9-17(10-5-15)25-21(28)19-14-24-22(30-2)26(19)18-11-7-16(23)8-12-18/h4-14H,3H2,1-2H3,(H,25,28)/b13-6+. The van der Waals surface area contributed by atoms with E-state index in [1.165, 1.54) is 36.2 Å². The van der Waals surface area contributed by atoms with Crippen LogP contribution in [0.15, 0.2) is 66.0 Å². The molecule has 0 aliphatic carbocycles. The van der Waals surface area contributed by atoms with Gasteiger partial charge in [-0.3, -0.25) is 9.36 Å². The largest absolute Gasteiger partial charge is 0.463 e. The fourth-order valence-electron chi connectivity index (χ4n) is 2.71. The van der Waals surface area contributed by atoms with E-state index in [2.05, 4.69) is 10.3 Å². The summed E-state index contributed by atoms with van der Waals surface area (Å²) in [5.41, 5.74) is 2.35. The molecule has 6 nitrogen and oxygen atoms in total. The third kappa shape index (κ3) is 5.15. The second-order valence-electron chi connectivity index (χ2n) is 6.10. The van der Waals surface area contributed by atoms with Gasteiger partial charge in [-0.1, -0.05) is 23.9 Å². The minimum Gasteiger partial charge on any atom is -0.463 e. The van der Waals surface area contributed by atoms with E-state index in [0.717, 1.165) is 5.56 Å². The number of anilines is 1. The number of benzene rings is 2. The molecule has 0 saturated heterocycles. The number of nitrogens with zero attached hydrogens (tertiary/aromatic N) is 2. The number of hydrogen-bond donors (Lipinski definition) is 1. The highest BCUT2D eigenvalue weighted by molar-refractivity contribution is 7.98. The van der Waals surface area contributed by atoms with Crippen LogP contribution >= 0.6 is 11.8 Å². The molecule has 1 heterocycles. The third-order valence-electron chi connectivity index (χ3n) is 4.10. The van der Waals surface area contributed by atoms with Crippen LogP contribution in [0.25, 0.3) is 11.8 Å². The number of thioether (sulfide) groups is 1. The summed E-state index contributed by atoms with van der Waals surface area (Å²) in [6, 6.07) is 12.9. The Labute approximate surface area is 177 Å². The van der Waals surface area contributed by atoms with Crippen molar-refractivity contribution in [3.8, 4) is 5.69 Å². The third-order valence-corrected chi connectivity index (χ3v) is 4.75. The van der Waals surface area contributed by atoms with E-state index in [1.807, 2.05) is 6.26 Å². The fourth-order valence-corrected chi connectivity index (χ4v) is 3.25. The minimum atomic E-state index is -0.409. The molecule has 0 aliphatic rings. The zero-order chi connectivity index (χ0) is 21.5. The van der Waals surface area contributed by atoms with E-state index >= 15 is 0 Å². The second kappa shape index (κ2) is 9.89. The van der Waals surface area contributed by atoms with Crippen LogP contribution in [0.3, 0.4) is 0 Å². The predicted molar refractivity (Wildman–Crippen MR) is 115 cm³/mol. The second-order valence-corrected chi connectivity index (χ2v) is 6.88. The summed E-state index contributed by atoms with van der Waals surface area (Å²) in [7, 11) is 0. The van der Waals surface area contributed by atoms with Crippen LogP contribution in [0, 0.1) is 5.82 Å². The van der Waals surface area contributed by atoms with Crippen molar-refractivity contribution in [3.05, 3.63) is 77.9 Å². The topological polar surface area (TPSA) is 73.2 Å². The van der Waals surface area contributed by atoms with Gasteiger partial charge in [-0.15, -0.1) is 0 Å². The predicted octanol–water partition coefficient (Wildman–Crippen LogP) is 4.56. The summed E-state index contributed by atoms with van der Waals surface area (Å²) >= 11 is 1.38. The number of esters is 1.